The van der Waals surface area contributed by atoms with Crippen LogP contribution in [0.3, 0.4) is 0 Å². The molecule has 1 aromatic carbocycles. The molecule has 0 aliphatic rings. The highest BCUT2D eigenvalue weighted by atomic mass is 79.9. The summed E-state index contributed by atoms with van der Waals surface area (Å²) in [7, 11) is 0. The fraction of sp³-hybridized carbons (Fsp3) is 0.176. The molecule has 0 nitrogen and oxygen atoms in total. The molecule has 5 heteroatoms. The molecule has 0 aliphatic heterocycles. The lowest BCUT2D eigenvalue weighted by atomic mass is 10.1. The van der Waals surface area contributed by atoms with Gasteiger partial charge in [-0.05, 0) is 64.3 Å². The Morgan fingerprint density at radius 2 is 1.68 bits per heavy atom. The van der Waals surface area contributed by atoms with E-state index in [-0.39, 0.29) is 5.56 Å². The van der Waals surface area contributed by atoms with Gasteiger partial charge in [0.1, 0.15) is 11.6 Å². The number of rotatable bonds is 4. The Morgan fingerprint density at radius 1 is 1.00 bits per heavy atom. The summed E-state index contributed by atoms with van der Waals surface area (Å²) in [6.45, 7) is 1.99. The first kappa shape index (κ1) is 15.8. The SMILES string of the molecule is CCCc1cc(F)c(/C=C/c2cc3sc(Br)cc3s2)c(F)c1. The van der Waals surface area contributed by atoms with Crippen LogP contribution in [0.1, 0.15) is 29.3 Å². The monoisotopic (exact) mass is 398 g/mol. The largest absolute Gasteiger partial charge is 0.206 e. The molecule has 0 bridgehead atoms. The first-order valence-corrected chi connectivity index (χ1v) is 9.34. The Labute approximate surface area is 144 Å². The number of aryl methyl sites for hydroxylation is 1. The van der Waals surface area contributed by atoms with E-state index in [0.717, 1.165) is 15.1 Å². The van der Waals surface area contributed by atoms with Crippen molar-refractivity contribution in [1.29, 1.82) is 0 Å². The van der Waals surface area contributed by atoms with E-state index in [1.54, 1.807) is 28.7 Å². The number of thiophene rings is 2. The van der Waals surface area contributed by atoms with Crippen molar-refractivity contribution < 1.29 is 8.78 Å². The van der Waals surface area contributed by atoms with Crippen molar-refractivity contribution in [3.63, 3.8) is 0 Å². The molecule has 0 atom stereocenters. The first-order valence-electron chi connectivity index (χ1n) is 6.91. The van der Waals surface area contributed by atoms with Gasteiger partial charge in [-0.25, -0.2) is 8.78 Å². The zero-order valence-corrected chi connectivity index (χ0v) is 15.0. The number of hydrogen-bond donors (Lipinski definition) is 0. The van der Waals surface area contributed by atoms with Crippen molar-refractivity contribution in [2.75, 3.05) is 0 Å². The maximum atomic E-state index is 14.0. The molecule has 0 aliphatic carbocycles. The van der Waals surface area contributed by atoms with Crippen molar-refractivity contribution in [3.05, 3.63) is 55.7 Å². The maximum Gasteiger partial charge on any atom is 0.133 e. The molecule has 114 valence electrons. The molecule has 0 fully saturated rings. The lowest BCUT2D eigenvalue weighted by molar-refractivity contribution is 0.574. The quantitative estimate of drug-likeness (QED) is 0.438. The molecule has 3 aromatic rings. The third kappa shape index (κ3) is 3.31. The second-order valence-electron chi connectivity index (χ2n) is 4.98. The van der Waals surface area contributed by atoms with Gasteiger partial charge in [0, 0.05) is 19.8 Å². The van der Waals surface area contributed by atoms with Gasteiger partial charge in [-0.1, -0.05) is 13.3 Å². The fourth-order valence-electron chi connectivity index (χ4n) is 2.30. The van der Waals surface area contributed by atoms with Gasteiger partial charge >= 0.3 is 0 Å². The number of hydrogen-bond acceptors (Lipinski definition) is 2. The van der Waals surface area contributed by atoms with E-state index < -0.39 is 11.6 Å². The molecule has 0 saturated heterocycles. The zero-order valence-electron chi connectivity index (χ0n) is 11.8. The normalized spacial score (nSPS) is 11.8. The van der Waals surface area contributed by atoms with Crippen LogP contribution in [-0.4, -0.2) is 0 Å². The summed E-state index contributed by atoms with van der Waals surface area (Å²) >= 11 is 6.71. The Morgan fingerprint density at radius 3 is 2.32 bits per heavy atom. The number of halogens is 3. The second-order valence-corrected chi connectivity index (χ2v) is 8.56. The Balaban J connectivity index is 1.89. The lowest BCUT2D eigenvalue weighted by Crippen LogP contribution is -1.93. The summed E-state index contributed by atoms with van der Waals surface area (Å²) in [5.41, 5.74) is 0.730. The van der Waals surface area contributed by atoms with Crippen molar-refractivity contribution in [2.24, 2.45) is 0 Å². The number of benzene rings is 1. The molecule has 0 radical (unpaired) electrons. The molecule has 0 unspecified atom stereocenters. The van der Waals surface area contributed by atoms with Crippen LogP contribution >= 0.6 is 38.6 Å². The molecule has 0 amide bonds. The van der Waals surface area contributed by atoms with Crippen LogP contribution in [0.2, 0.25) is 0 Å². The highest BCUT2D eigenvalue weighted by Crippen LogP contribution is 2.36. The van der Waals surface area contributed by atoms with E-state index in [9.17, 15) is 8.78 Å². The van der Waals surface area contributed by atoms with Crippen molar-refractivity contribution in [1.82, 2.24) is 0 Å². The van der Waals surface area contributed by atoms with Gasteiger partial charge in [0.05, 0.1) is 3.79 Å². The fourth-order valence-corrected chi connectivity index (χ4v) is 5.24. The first-order chi connectivity index (χ1) is 10.6. The van der Waals surface area contributed by atoms with Crippen molar-refractivity contribution in [3.8, 4) is 0 Å². The third-order valence-corrected chi connectivity index (χ3v) is 6.05. The summed E-state index contributed by atoms with van der Waals surface area (Å²) in [6, 6.07) is 6.95. The minimum atomic E-state index is -0.499. The molecular formula is C17H13BrF2S2. The van der Waals surface area contributed by atoms with Crippen LogP contribution in [0.25, 0.3) is 21.6 Å². The minimum Gasteiger partial charge on any atom is -0.206 e. The van der Waals surface area contributed by atoms with Gasteiger partial charge in [0.2, 0.25) is 0 Å². The van der Waals surface area contributed by atoms with Crippen LogP contribution in [0.5, 0.6) is 0 Å². The summed E-state index contributed by atoms with van der Waals surface area (Å²) < 4.78 is 31.5. The average Bonchev–Trinajstić information content (AvgIpc) is 2.94. The van der Waals surface area contributed by atoms with Crippen molar-refractivity contribution in [2.45, 2.75) is 19.8 Å². The van der Waals surface area contributed by atoms with Crippen LogP contribution in [0.15, 0.2) is 28.1 Å². The number of fused-ring (bicyclic) bond motifs is 1. The minimum absolute atomic E-state index is 0.0257. The molecule has 0 spiro atoms. The Bertz CT molecular complexity index is 791. The van der Waals surface area contributed by atoms with E-state index in [1.807, 2.05) is 13.0 Å². The predicted molar refractivity (Wildman–Crippen MR) is 96.7 cm³/mol. The molecule has 3 rings (SSSR count). The summed E-state index contributed by atoms with van der Waals surface area (Å²) in [4.78, 5) is 0.991. The van der Waals surface area contributed by atoms with Gasteiger partial charge < -0.3 is 0 Å². The highest BCUT2D eigenvalue weighted by molar-refractivity contribution is 9.11. The molecular weight excluding hydrogens is 386 g/mol. The predicted octanol–water partition coefficient (Wildman–Crippen LogP) is 7.13. The lowest BCUT2D eigenvalue weighted by Gasteiger charge is -2.04. The van der Waals surface area contributed by atoms with E-state index >= 15 is 0 Å². The van der Waals surface area contributed by atoms with E-state index in [0.29, 0.717) is 12.0 Å². The van der Waals surface area contributed by atoms with Gasteiger partial charge in [0.25, 0.3) is 0 Å². The Hall–Kier alpha value is -1.04. The average molecular weight is 399 g/mol. The van der Waals surface area contributed by atoms with E-state index in [4.69, 9.17) is 0 Å². The van der Waals surface area contributed by atoms with Gasteiger partial charge in [0.15, 0.2) is 0 Å². The molecule has 2 heterocycles. The van der Waals surface area contributed by atoms with Crippen molar-refractivity contribution >= 4 is 60.2 Å². The van der Waals surface area contributed by atoms with Crippen LogP contribution in [0.4, 0.5) is 8.78 Å². The summed E-state index contributed by atoms with van der Waals surface area (Å²) in [6.07, 6.45) is 4.85. The smallest absolute Gasteiger partial charge is 0.133 e. The summed E-state index contributed by atoms with van der Waals surface area (Å²) in [5, 5.41) is 0. The molecule has 0 saturated carbocycles. The molecule has 2 aromatic heterocycles. The molecule has 0 N–H and O–H groups in total. The van der Waals surface area contributed by atoms with Crippen LogP contribution in [-0.2, 0) is 6.42 Å². The third-order valence-electron chi connectivity index (χ3n) is 3.29. The Kier molecular flexibility index (Phi) is 4.76. The maximum absolute atomic E-state index is 14.0. The standard InChI is InChI=1S/C17H13BrF2S2/c1-2-3-10-6-13(19)12(14(20)7-10)5-4-11-8-15-16(21-11)9-17(18)22-15/h4-9H,2-3H2,1H3/b5-4+. The highest BCUT2D eigenvalue weighted by Gasteiger charge is 2.09. The zero-order chi connectivity index (χ0) is 15.7. The molecule has 22 heavy (non-hydrogen) atoms. The van der Waals surface area contributed by atoms with E-state index in [2.05, 4.69) is 22.0 Å². The topological polar surface area (TPSA) is 0 Å². The van der Waals surface area contributed by atoms with Gasteiger partial charge in [-0.3, -0.25) is 0 Å². The van der Waals surface area contributed by atoms with Crippen LogP contribution < -0.4 is 0 Å². The summed E-state index contributed by atoms with van der Waals surface area (Å²) in [5.74, 6) is -0.998. The van der Waals surface area contributed by atoms with E-state index in [1.165, 1.54) is 27.6 Å². The van der Waals surface area contributed by atoms with Gasteiger partial charge in [-0.2, -0.15) is 0 Å². The second kappa shape index (κ2) is 6.60. The van der Waals surface area contributed by atoms with Crippen LogP contribution in [0, 0.1) is 11.6 Å². The van der Waals surface area contributed by atoms with Gasteiger partial charge in [-0.15, -0.1) is 22.7 Å².